The molecule has 0 saturated carbocycles. The van der Waals surface area contributed by atoms with E-state index in [1.807, 2.05) is 24.3 Å². The quantitative estimate of drug-likeness (QED) is 0.445. The molecule has 0 bridgehead atoms. The van der Waals surface area contributed by atoms with E-state index in [1.54, 1.807) is 0 Å². The average Bonchev–Trinajstić information content (AvgIpc) is 3.34. The van der Waals surface area contributed by atoms with Crippen molar-refractivity contribution in [2.24, 2.45) is 11.8 Å². The van der Waals surface area contributed by atoms with Crippen molar-refractivity contribution in [3.63, 3.8) is 0 Å². The first-order valence-electron chi connectivity index (χ1n) is 12.3. The van der Waals surface area contributed by atoms with Gasteiger partial charge in [-0.3, -0.25) is 9.69 Å². The van der Waals surface area contributed by atoms with Gasteiger partial charge in [0.2, 0.25) is 17.6 Å². The third-order valence-corrected chi connectivity index (χ3v) is 7.63. The number of halogens is 1. The van der Waals surface area contributed by atoms with Crippen LogP contribution in [0.15, 0.2) is 63.6 Å². The monoisotopic (exact) mass is 522 g/mol. The summed E-state index contributed by atoms with van der Waals surface area (Å²) in [4.78, 5) is 22.1. The standard InChI is InChI=1S/C27H31BrN4O2/c28-24-8-4-7-23(18-24)26-29-25(34-30-26)19-31-13-11-22(12-14-31)27(33)32-15-9-21(10-16-32)17-20-5-2-1-3-6-20/h1-8,18,21-22H,9-17,19H2. The van der Waals surface area contributed by atoms with Crippen molar-refractivity contribution in [3.8, 4) is 11.4 Å². The first kappa shape index (κ1) is 23.2. The summed E-state index contributed by atoms with van der Waals surface area (Å²) in [5, 5.41) is 4.14. The lowest BCUT2D eigenvalue weighted by atomic mass is 9.88. The highest BCUT2D eigenvalue weighted by atomic mass is 79.9. The third-order valence-electron chi connectivity index (χ3n) is 7.14. The van der Waals surface area contributed by atoms with Gasteiger partial charge in [0, 0.05) is 29.0 Å². The van der Waals surface area contributed by atoms with Crippen LogP contribution in [0, 0.1) is 11.8 Å². The largest absolute Gasteiger partial charge is 0.342 e. The summed E-state index contributed by atoms with van der Waals surface area (Å²) < 4.78 is 6.48. The van der Waals surface area contributed by atoms with Gasteiger partial charge in [-0.15, -0.1) is 0 Å². The van der Waals surface area contributed by atoms with E-state index in [2.05, 4.69) is 66.2 Å². The number of benzene rings is 2. The third kappa shape index (κ3) is 5.76. The van der Waals surface area contributed by atoms with Crippen molar-refractivity contribution in [1.29, 1.82) is 0 Å². The molecule has 1 aromatic heterocycles. The Labute approximate surface area is 209 Å². The Balaban J connectivity index is 1.07. The Morgan fingerprint density at radius 1 is 0.971 bits per heavy atom. The van der Waals surface area contributed by atoms with Gasteiger partial charge in [-0.1, -0.05) is 63.6 Å². The van der Waals surface area contributed by atoms with Gasteiger partial charge < -0.3 is 9.42 Å². The number of piperidine rings is 2. The van der Waals surface area contributed by atoms with Crippen LogP contribution in [0.1, 0.15) is 37.1 Å². The van der Waals surface area contributed by atoms with Crippen LogP contribution >= 0.6 is 15.9 Å². The zero-order chi connectivity index (χ0) is 23.3. The molecule has 0 unspecified atom stereocenters. The Hall–Kier alpha value is -2.51. The maximum Gasteiger partial charge on any atom is 0.241 e. The molecule has 0 atom stereocenters. The van der Waals surface area contributed by atoms with E-state index >= 15 is 0 Å². The van der Waals surface area contributed by atoms with E-state index in [4.69, 9.17) is 4.52 Å². The molecule has 3 heterocycles. The number of aromatic nitrogens is 2. The SMILES string of the molecule is O=C(C1CCN(Cc2nc(-c3cccc(Br)c3)no2)CC1)N1CCC(Cc2ccccc2)CC1. The van der Waals surface area contributed by atoms with Crippen LogP contribution in [0.4, 0.5) is 0 Å². The normalized spacial score (nSPS) is 18.3. The molecule has 2 saturated heterocycles. The number of carbonyl (C=O) groups excluding carboxylic acids is 1. The zero-order valence-corrected chi connectivity index (χ0v) is 21.0. The predicted molar refractivity (Wildman–Crippen MR) is 135 cm³/mol. The summed E-state index contributed by atoms with van der Waals surface area (Å²) in [6.45, 7) is 4.20. The summed E-state index contributed by atoms with van der Waals surface area (Å²) in [6.07, 6.45) is 5.14. The number of carbonyl (C=O) groups is 1. The number of hydrogen-bond donors (Lipinski definition) is 0. The fraction of sp³-hybridized carbons (Fsp3) is 0.444. The fourth-order valence-electron chi connectivity index (χ4n) is 5.16. The Morgan fingerprint density at radius 2 is 1.74 bits per heavy atom. The topological polar surface area (TPSA) is 62.5 Å². The van der Waals surface area contributed by atoms with E-state index in [9.17, 15) is 4.79 Å². The van der Waals surface area contributed by atoms with Crippen molar-refractivity contribution in [3.05, 3.63) is 70.5 Å². The van der Waals surface area contributed by atoms with Crippen LogP contribution < -0.4 is 0 Å². The molecule has 2 aliphatic heterocycles. The highest BCUT2D eigenvalue weighted by Crippen LogP contribution is 2.27. The minimum absolute atomic E-state index is 0.141. The van der Waals surface area contributed by atoms with Gasteiger partial charge in [-0.25, -0.2) is 0 Å². The van der Waals surface area contributed by atoms with Gasteiger partial charge in [0.1, 0.15) is 0 Å². The van der Waals surface area contributed by atoms with E-state index in [1.165, 1.54) is 5.56 Å². The number of hydrogen-bond acceptors (Lipinski definition) is 5. The lowest BCUT2D eigenvalue weighted by Crippen LogP contribution is -2.45. The highest BCUT2D eigenvalue weighted by molar-refractivity contribution is 9.10. The lowest BCUT2D eigenvalue weighted by molar-refractivity contribution is -0.138. The summed E-state index contributed by atoms with van der Waals surface area (Å²) in [7, 11) is 0. The average molecular weight is 523 g/mol. The smallest absolute Gasteiger partial charge is 0.241 e. The zero-order valence-electron chi connectivity index (χ0n) is 19.4. The first-order chi connectivity index (χ1) is 16.6. The first-order valence-corrected chi connectivity index (χ1v) is 13.1. The predicted octanol–water partition coefficient (Wildman–Crippen LogP) is 5.19. The van der Waals surface area contributed by atoms with Crippen molar-refractivity contribution in [2.75, 3.05) is 26.2 Å². The molecule has 2 aromatic carbocycles. The maximum atomic E-state index is 13.1. The van der Waals surface area contributed by atoms with Crippen LogP contribution in [-0.4, -0.2) is 52.0 Å². The van der Waals surface area contributed by atoms with E-state index in [-0.39, 0.29) is 5.92 Å². The van der Waals surface area contributed by atoms with Crippen LogP contribution in [0.25, 0.3) is 11.4 Å². The molecule has 178 valence electrons. The van der Waals surface area contributed by atoms with Crippen molar-refractivity contribution < 1.29 is 9.32 Å². The van der Waals surface area contributed by atoms with Crippen molar-refractivity contribution >= 4 is 21.8 Å². The number of amides is 1. The van der Waals surface area contributed by atoms with Gasteiger partial charge >= 0.3 is 0 Å². The molecule has 2 aliphatic rings. The molecule has 0 N–H and O–H groups in total. The summed E-state index contributed by atoms with van der Waals surface area (Å²) in [5.74, 6) is 2.41. The molecule has 0 spiro atoms. The van der Waals surface area contributed by atoms with Gasteiger partial charge in [-0.05, 0) is 68.8 Å². The summed E-state index contributed by atoms with van der Waals surface area (Å²) in [5.41, 5.74) is 2.34. The van der Waals surface area contributed by atoms with Gasteiger partial charge in [-0.2, -0.15) is 4.98 Å². The number of rotatable bonds is 6. The molecule has 2 fully saturated rings. The second-order valence-corrected chi connectivity index (χ2v) is 10.4. The molecular formula is C27H31BrN4O2. The Bertz CT molecular complexity index is 1090. The Kier molecular flexibility index (Phi) is 7.40. The van der Waals surface area contributed by atoms with E-state index in [0.717, 1.165) is 68.3 Å². The van der Waals surface area contributed by atoms with Crippen molar-refractivity contribution in [2.45, 2.75) is 38.6 Å². The molecule has 34 heavy (non-hydrogen) atoms. The van der Waals surface area contributed by atoms with Crippen LogP contribution in [0.5, 0.6) is 0 Å². The van der Waals surface area contributed by atoms with Gasteiger partial charge in [0.05, 0.1) is 6.54 Å². The van der Waals surface area contributed by atoms with E-state index in [0.29, 0.717) is 30.1 Å². The second-order valence-electron chi connectivity index (χ2n) is 9.53. The molecule has 1 amide bonds. The van der Waals surface area contributed by atoms with Crippen LogP contribution in [-0.2, 0) is 17.8 Å². The number of nitrogens with zero attached hydrogens (tertiary/aromatic N) is 4. The minimum Gasteiger partial charge on any atom is -0.342 e. The molecule has 0 radical (unpaired) electrons. The highest BCUT2D eigenvalue weighted by Gasteiger charge is 2.31. The lowest BCUT2D eigenvalue weighted by Gasteiger charge is -2.37. The van der Waals surface area contributed by atoms with Crippen molar-refractivity contribution in [1.82, 2.24) is 19.9 Å². The molecule has 0 aliphatic carbocycles. The fourth-order valence-corrected chi connectivity index (χ4v) is 5.56. The molecule has 6 nitrogen and oxygen atoms in total. The summed E-state index contributed by atoms with van der Waals surface area (Å²) in [6, 6.07) is 18.6. The number of likely N-dealkylation sites (tertiary alicyclic amines) is 2. The van der Waals surface area contributed by atoms with Crippen LogP contribution in [0.3, 0.4) is 0 Å². The van der Waals surface area contributed by atoms with Gasteiger partial charge in [0.15, 0.2) is 0 Å². The molecular weight excluding hydrogens is 492 g/mol. The Morgan fingerprint density at radius 3 is 2.47 bits per heavy atom. The second kappa shape index (κ2) is 10.8. The van der Waals surface area contributed by atoms with E-state index < -0.39 is 0 Å². The minimum atomic E-state index is 0.141. The maximum absolute atomic E-state index is 13.1. The summed E-state index contributed by atoms with van der Waals surface area (Å²) >= 11 is 3.48. The van der Waals surface area contributed by atoms with Crippen LogP contribution in [0.2, 0.25) is 0 Å². The molecule has 7 heteroatoms. The molecule has 5 rings (SSSR count). The molecule has 3 aromatic rings. The van der Waals surface area contributed by atoms with Gasteiger partial charge in [0.25, 0.3) is 0 Å².